The number of fused-ring (bicyclic) bond motifs is 2. The van der Waals surface area contributed by atoms with Crippen molar-refractivity contribution in [3.63, 3.8) is 0 Å². The van der Waals surface area contributed by atoms with Crippen LogP contribution >= 0.6 is 23.4 Å². The summed E-state index contributed by atoms with van der Waals surface area (Å²) in [7, 11) is 0. The zero-order valence-electron chi connectivity index (χ0n) is 17.3. The lowest BCUT2D eigenvalue weighted by molar-refractivity contribution is -0.138. The van der Waals surface area contributed by atoms with Gasteiger partial charge in [-0.1, -0.05) is 60.1 Å². The maximum absolute atomic E-state index is 14.2. The van der Waals surface area contributed by atoms with E-state index < -0.39 is 22.0 Å². The minimum atomic E-state index is -1.39. The molecule has 0 aliphatic carbocycles. The fourth-order valence-corrected chi connectivity index (χ4v) is 6.23. The van der Waals surface area contributed by atoms with E-state index in [2.05, 4.69) is 0 Å². The molecule has 0 radical (unpaired) electrons. The number of anilines is 2. The number of benzene rings is 3. The van der Waals surface area contributed by atoms with Crippen molar-refractivity contribution >= 4 is 52.5 Å². The molecule has 33 heavy (non-hydrogen) atoms. The molecular weight excluding hydrogens is 460 g/mol. The number of thioether (sulfide) groups is 1. The molecule has 3 aromatic carbocycles. The van der Waals surface area contributed by atoms with Gasteiger partial charge in [-0.05, 0) is 35.9 Å². The number of carbonyl (C=O) groups is 3. The second kappa shape index (κ2) is 8.24. The van der Waals surface area contributed by atoms with Crippen molar-refractivity contribution in [2.75, 3.05) is 9.80 Å². The highest BCUT2D eigenvalue weighted by molar-refractivity contribution is 8.03. The topological polar surface area (TPSA) is 77.9 Å². The molecule has 1 unspecified atom stereocenters. The van der Waals surface area contributed by atoms with E-state index in [4.69, 9.17) is 11.6 Å². The highest BCUT2D eigenvalue weighted by Crippen LogP contribution is 2.58. The molecular formula is C25H19ClN2O4S. The van der Waals surface area contributed by atoms with Gasteiger partial charge < -0.3 is 10.0 Å². The quantitative estimate of drug-likeness (QED) is 0.577. The third kappa shape index (κ3) is 3.48. The Hall–Kier alpha value is -3.29. The summed E-state index contributed by atoms with van der Waals surface area (Å²) in [6.45, 7) is 0.339. The molecule has 1 saturated heterocycles. The Morgan fingerprint density at radius 3 is 2.33 bits per heavy atom. The van der Waals surface area contributed by atoms with E-state index in [-0.39, 0.29) is 12.3 Å². The number of para-hydroxylation sites is 1. The van der Waals surface area contributed by atoms with Gasteiger partial charge in [0.2, 0.25) is 10.8 Å². The third-order valence-electron chi connectivity index (χ3n) is 5.85. The highest BCUT2D eigenvalue weighted by Gasteiger charge is 2.64. The zero-order valence-corrected chi connectivity index (χ0v) is 18.9. The largest absolute Gasteiger partial charge is 0.481 e. The molecule has 1 fully saturated rings. The van der Waals surface area contributed by atoms with Crippen molar-refractivity contribution in [1.82, 2.24) is 0 Å². The van der Waals surface area contributed by atoms with E-state index in [9.17, 15) is 19.5 Å². The van der Waals surface area contributed by atoms with Crippen LogP contribution < -0.4 is 9.80 Å². The predicted molar refractivity (Wildman–Crippen MR) is 128 cm³/mol. The summed E-state index contributed by atoms with van der Waals surface area (Å²) in [5, 5.41) is 9.03. The van der Waals surface area contributed by atoms with Crippen molar-refractivity contribution in [2.45, 2.75) is 23.1 Å². The lowest BCUT2D eigenvalue weighted by Crippen LogP contribution is -2.49. The number of carboxylic acid groups (broad SMARTS) is 1. The molecule has 0 aromatic heterocycles. The molecule has 2 aliphatic heterocycles. The molecule has 8 heteroatoms. The van der Waals surface area contributed by atoms with E-state index in [1.807, 2.05) is 54.6 Å². The summed E-state index contributed by atoms with van der Waals surface area (Å²) in [4.78, 5) is 41.0. The molecule has 1 N–H and O–H groups in total. The van der Waals surface area contributed by atoms with E-state index in [0.717, 1.165) is 17.3 Å². The summed E-state index contributed by atoms with van der Waals surface area (Å²) in [6.07, 6.45) is -0.372. The third-order valence-corrected chi connectivity index (χ3v) is 7.67. The SMILES string of the molecule is O=C(O)CC1S[C@]2(C(=O)N(Cc3ccccc3)c3ccccc32)N(c2ccc(Cl)cc2)C1=O. The summed E-state index contributed by atoms with van der Waals surface area (Å²) in [5.41, 5.74) is 2.83. The smallest absolute Gasteiger partial charge is 0.305 e. The van der Waals surface area contributed by atoms with Crippen LogP contribution in [0.3, 0.4) is 0 Å². The van der Waals surface area contributed by atoms with Crippen molar-refractivity contribution < 1.29 is 19.5 Å². The van der Waals surface area contributed by atoms with Gasteiger partial charge in [0.05, 0.1) is 23.9 Å². The average molecular weight is 479 g/mol. The average Bonchev–Trinajstić information content (AvgIpc) is 3.22. The van der Waals surface area contributed by atoms with Crippen LogP contribution in [0.2, 0.25) is 5.02 Å². The molecule has 6 nitrogen and oxygen atoms in total. The van der Waals surface area contributed by atoms with Gasteiger partial charge >= 0.3 is 5.97 Å². The Kier molecular flexibility index (Phi) is 5.38. The van der Waals surface area contributed by atoms with Crippen LogP contribution in [-0.2, 0) is 25.8 Å². The fourth-order valence-electron chi connectivity index (χ4n) is 4.45. The molecule has 2 atom stereocenters. The van der Waals surface area contributed by atoms with Gasteiger partial charge in [-0.25, -0.2) is 0 Å². The van der Waals surface area contributed by atoms with Crippen LogP contribution in [0.25, 0.3) is 0 Å². The number of hydrogen-bond donors (Lipinski definition) is 1. The Morgan fingerprint density at radius 2 is 1.64 bits per heavy atom. The predicted octanol–water partition coefficient (Wildman–Crippen LogP) is 4.66. The van der Waals surface area contributed by atoms with Gasteiger partial charge in [-0.3, -0.25) is 19.3 Å². The number of nitrogens with zero attached hydrogens (tertiary/aromatic N) is 2. The summed E-state index contributed by atoms with van der Waals surface area (Å²) >= 11 is 7.17. The van der Waals surface area contributed by atoms with E-state index in [1.54, 1.807) is 29.2 Å². The number of carbonyl (C=O) groups excluding carboxylic acids is 2. The van der Waals surface area contributed by atoms with E-state index >= 15 is 0 Å². The van der Waals surface area contributed by atoms with Crippen molar-refractivity contribution in [1.29, 1.82) is 0 Å². The number of carboxylic acids is 1. The summed E-state index contributed by atoms with van der Waals surface area (Å²) < 4.78 is 0. The molecule has 2 aliphatic rings. The van der Waals surface area contributed by atoms with Gasteiger partial charge in [0, 0.05) is 16.3 Å². The molecule has 0 saturated carbocycles. The van der Waals surface area contributed by atoms with Crippen molar-refractivity contribution in [2.24, 2.45) is 0 Å². The van der Waals surface area contributed by atoms with E-state index in [0.29, 0.717) is 28.5 Å². The lowest BCUT2D eigenvalue weighted by atomic mass is 10.0. The second-order valence-corrected chi connectivity index (χ2v) is 9.72. The minimum absolute atomic E-state index is 0.270. The van der Waals surface area contributed by atoms with Gasteiger partial charge in [-0.2, -0.15) is 0 Å². The van der Waals surface area contributed by atoms with Crippen LogP contribution in [0.15, 0.2) is 78.9 Å². The minimum Gasteiger partial charge on any atom is -0.481 e. The Morgan fingerprint density at radius 1 is 0.970 bits per heavy atom. The van der Waals surface area contributed by atoms with Crippen LogP contribution in [0.1, 0.15) is 17.5 Å². The van der Waals surface area contributed by atoms with Crippen LogP contribution in [-0.4, -0.2) is 28.1 Å². The molecule has 5 rings (SSSR count). The normalized spacial score (nSPS) is 21.7. The first kappa shape index (κ1) is 21.6. The molecule has 166 valence electrons. The number of halogens is 1. The summed E-state index contributed by atoms with van der Waals surface area (Å²) in [6, 6.07) is 23.7. The number of amides is 2. The number of aliphatic carboxylic acids is 1. The van der Waals surface area contributed by atoms with Crippen LogP contribution in [0, 0.1) is 0 Å². The Balaban J connectivity index is 1.67. The van der Waals surface area contributed by atoms with Gasteiger partial charge in [0.15, 0.2) is 0 Å². The standard InChI is InChI=1S/C25H19ClN2O4S/c26-17-10-12-18(13-11-17)28-23(31)21(14-22(29)30)33-25(28)19-8-4-5-9-20(19)27(24(25)32)15-16-6-2-1-3-7-16/h1-13,21H,14-15H2,(H,29,30)/t21?,25-/m1/s1. The second-order valence-electron chi connectivity index (χ2n) is 7.89. The molecule has 3 aromatic rings. The zero-order chi connectivity index (χ0) is 23.2. The van der Waals surface area contributed by atoms with Crippen molar-refractivity contribution in [3.05, 3.63) is 95.0 Å². The van der Waals surface area contributed by atoms with Crippen LogP contribution in [0.5, 0.6) is 0 Å². The molecule has 0 bridgehead atoms. The molecule has 2 amide bonds. The maximum Gasteiger partial charge on any atom is 0.305 e. The fraction of sp³-hybridized carbons (Fsp3) is 0.160. The Labute approximate surface area is 199 Å². The monoisotopic (exact) mass is 478 g/mol. The number of hydrogen-bond acceptors (Lipinski definition) is 4. The van der Waals surface area contributed by atoms with Gasteiger partial charge in [-0.15, -0.1) is 11.8 Å². The first-order chi connectivity index (χ1) is 15.9. The first-order valence-corrected chi connectivity index (χ1v) is 11.6. The van der Waals surface area contributed by atoms with Gasteiger partial charge in [0.1, 0.15) is 0 Å². The molecule has 1 spiro atoms. The maximum atomic E-state index is 14.2. The number of rotatable bonds is 5. The summed E-state index contributed by atoms with van der Waals surface area (Å²) in [5.74, 6) is -1.77. The van der Waals surface area contributed by atoms with Crippen LogP contribution in [0.4, 0.5) is 11.4 Å². The van der Waals surface area contributed by atoms with Crippen molar-refractivity contribution in [3.8, 4) is 0 Å². The lowest BCUT2D eigenvalue weighted by Gasteiger charge is -2.33. The first-order valence-electron chi connectivity index (χ1n) is 10.4. The molecule has 2 heterocycles. The van der Waals surface area contributed by atoms with E-state index in [1.165, 1.54) is 4.90 Å². The highest BCUT2D eigenvalue weighted by atomic mass is 35.5. The Bertz CT molecular complexity index is 1250. The van der Waals surface area contributed by atoms with Gasteiger partial charge in [0.25, 0.3) is 5.91 Å².